The Kier molecular flexibility index (Phi) is 4.53. The fourth-order valence-corrected chi connectivity index (χ4v) is 2.90. The van der Waals surface area contributed by atoms with Crippen LogP contribution in [0.15, 0.2) is 30.3 Å². The van der Waals surface area contributed by atoms with Crippen LogP contribution in [0, 0.1) is 0 Å². The molecule has 1 aromatic rings. The van der Waals surface area contributed by atoms with E-state index in [-0.39, 0.29) is 16.9 Å². The number of piperidine rings is 1. The van der Waals surface area contributed by atoms with E-state index >= 15 is 0 Å². The maximum atomic E-state index is 12.7. The fourth-order valence-electron chi connectivity index (χ4n) is 2.67. The largest absolute Gasteiger partial charge is 0.392 e. The zero-order valence-corrected chi connectivity index (χ0v) is 12.0. The van der Waals surface area contributed by atoms with Crippen molar-refractivity contribution in [3.8, 4) is 0 Å². The van der Waals surface area contributed by atoms with E-state index in [0.717, 1.165) is 24.9 Å². The Bertz CT molecular complexity index is 460. The topological polar surface area (TPSA) is 46.3 Å². The fraction of sp³-hybridized carbons (Fsp3) is 0.467. The highest BCUT2D eigenvalue weighted by atomic mass is 32.1. The van der Waals surface area contributed by atoms with E-state index in [9.17, 15) is 4.79 Å². The summed E-state index contributed by atoms with van der Waals surface area (Å²) in [7, 11) is 0. The third-order valence-corrected chi connectivity index (χ3v) is 3.99. The second kappa shape index (κ2) is 6.15. The molecule has 1 amide bonds. The van der Waals surface area contributed by atoms with Gasteiger partial charge in [0.25, 0.3) is 0 Å². The van der Waals surface area contributed by atoms with Gasteiger partial charge in [-0.25, -0.2) is 0 Å². The van der Waals surface area contributed by atoms with Gasteiger partial charge in [-0.15, -0.1) is 0 Å². The van der Waals surface area contributed by atoms with Crippen LogP contribution in [0.5, 0.6) is 0 Å². The highest BCUT2D eigenvalue weighted by molar-refractivity contribution is 7.80. The van der Waals surface area contributed by atoms with Crippen molar-refractivity contribution in [1.82, 2.24) is 4.90 Å². The molecule has 3 nitrogen and oxygen atoms in total. The molecule has 19 heavy (non-hydrogen) atoms. The molecule has 0 aliphatic carbocycles. The van der Waals surface area contributed by atoms with E-state index in [4.69, 9.17) is 18.0 Å². The number of amides is 1. The van der Waals surface area contributed by atoms with Crippen LogP contribution >= 0.6 is 12.2 Å². The summed E-state index contributed by atoms with van der Waals surface area (Å²) in [5.74, 6) is -0.442. The third kappa shape index (κ3) is 3.13. The molecule has 0 spiro atoms. The molecule has 2 rings (SSSR count). The Morgan fingerprint density at radius 1 is 1.37 bits per heavy atom. The van der Waals surface area contributed by atoms with E-state index in [1.807, 2.05) is 35.2 Å². The van der Waals surface area contributed by atoms with E-state index in [2.05, 4.69) is 6.92 Å². The molecule has 2 unspecified atom stereocenters. The van der Waals surface area contributed by atoms with Gasteiger partial charge in [0.15, 0.2) is 0 Å². The number of benzene rings is 1. The van der Waals surface area contributed by atoms with Crippen molar-refractivity contribution in [1.29, 1.82) is 0 Å². The molecule has 0 saturated carbocycles. The average Bonchev–Trinajstić information content (AvgIpc) is 2.40. The van der Waals surface area contributed by atoms with Gasteiger partial charge < -0.3 is 10.6 Å². The maximum absolute atomic E-state index is 12.7. The van der Waals surface area contributed by atoms with Crippen molar-refractivity contribution in [2.45, 2.75) is 38.1 Å². The van der Waals surface area contributed by atoms with Crippen LogP contribution < -0.4 is 5.73 Å². The lowest BCUT2D eigenvalue weighted by atomic mass is 9.94. The summed E-state index contributed by atoms with van der Waals surface area (Å²) in [6.07, 6.45) is 3.31. The summed E-state index contributed by atoms with van der Waals surface area (Å²) in [5.41, 5.74) is 6.69. The molecule has 2 N–H and O–H groups in total. The van der Waals surface area contributed by atoms with Crippen LogP contribution in [0.2, 0.25) is 0 Å². The molecule has 1 aromatic carbocycles. The number of hydrogen-bond donors (Lipinski definition) is 1. The quantitative estimate of drug-likeness (QED) is 0.863. The number of nitrogens with zero attached hydrogens (tertiary/aromatic N) is 1. The predicted octanol–water partition coefficient (Wildman–Crippen LogP) is 2.46. The van der Waals surface area contributed by atoms with Gasteiger partial charge in [0, 0.05) is 12.6 Å². The van der Waals surface area contributed by atoms with Crippen LogP contribution in [0.25, 0.3) is 0 Å². The van der Waals surface area contributed by atoms with Gasteiger partial charge in [0.2, 0.25) is 5.91 Å². The van der Waals surface area contributed by atoms with Crippen molar-refractivity contribution in [2.75, 3.05) is 6.54 Å². The van der Waals surface area contributed by atoms with Crippen molar-refractivity contribution < 1.29 is 4.79 Å². The molecule has 1 saturated heterocycles. The lowest BCUT2D eigenvalue weighted by molar-refractivity contribution is -0.134. The van der Waals surface area contributed by atoms with Gasteiger partial charge in [-0.1, -0.05) is 42.5 Å². The van der Waals surface area contributed by atoms with Gasteiger partial charge in [-0.2, -0.15) is 0 Å². The molecule has 0 radical (unpaired) electrons. The molecule has 1 fully saturated rings. The van der Waals surface area contributed by atoms with Gasteiger partial charge >= 0.3 is 0 Å². The summed E-state index contributed by atoms with van der Waals surface area (Å²) >= 11 is 5.11. The number of carbonyl (C=O) groups is 1. The van der Waals surface area contributed by atoms with Crippen molar-refractivity contribution >= 4 is 23.1 Å². The van der Waals surface area contributed by atoms with Crippen LogP contribution in [-0.4, -0.2) is 28.4 Å². The molecular formula is C15H20N2OS. The van der Waals surface area contributed by atoms with Crippen molar-refractivity contribution in [2.24, 2.45) is 5.73 Å². The third-order valence-electron chi connectivity index (χ3n) is 3.75. The first kappa shape index (κ1) is 14.0. The Morgan fingerprint density at radius 2 is 2.05 bits per heavy atom. The first-order valence-corrected chi connectivity index (χ1v) is 7.17. The van der Waals surface area contributed by atoms with Gasteiger partial charge in [-0.3, -0.25) is 4.79 Å². The Balaban J connectivity index is 2.24. The van der Waals surface area contributed by atoms with E-state index in [1.54, 1.807) is 0 Å². The molecule has 0 aromatic heterocycles. The first-order chi connectivity index (χ1) is 9.11. The van der Waals surface area contributed by atoms with Crippen LogP contribution in [-0.2, 0) is 4.79 Å². The summed E-state index contributed by atoms with van der Waals surface area (Å²) in [6.45, 7) is 2.91. The predicted molar refractivity (Wildman–Crippen MR) is 81.0 cm³/mol. The summed E-state index contributed by atoms with van der Waals surface area (Å²) in [4.78, 5) is 14.9. The lowest BCUT2D eigenvalue weighted by Gasteiger charge is -2.35. The minimum atomic E-state index is -0.489. The molecule has 4 heteroatoms. The van der Waals surface area contributed by atoms with E-state index in [1.165, 1.54) is 6.42 Å². The van der Waals surface area contributed by atoms with Crippen LogP contribution in [0.3, 0.4) is 0 Å². The molecule has 1 heterocycles. The number of thiocarbonyl (C=S) groups is 1. The smallest absolute Gasteiger partial charge is 0.237 e. The number of hydrogen-bond acceptors (Lipinski definition) is 2. The van der Waals surface area contributed by atoms with Gasteiger partial charge in [-0.05, 0) is 31.7 Å². The maximum Gasteiger partial charge on any atom is 0.237 e. The van der Waals surface area contributed by atoms with Crippen LogP contribution in [0.4, 0.5) is 0 Å². The van der Waals surface area contributed by atoms with Crippen LogP contribution in [0.1, 0.15) is 37.7 Å². The van der Waals surface area contributed by atoms with Gasteiger partial charge in [0.1, 0.15) is 5.92 Å². The summed E-state index contributed by atoms with van der Waals surface area (Å²) in [6, 6.07) is 9.85. The minimum Gasteiger partial charge on any atom is -0.392 e. The second-order valence-electron chi connectivity index (χ2n) is 5.12. The molecule has 2 atom stereocenters. The molecular weight excluding hydrogens is 256 g/mol. The molecule has 0 bridgehead atoms. The molecule has 102 valence electrons. The monoisotopic (exact) mass is 276 g/mol. The SMILES string of the molecule is CC1CCCCN1C(=O)C(C(N)=S)c1ccccc1. The number of nitrogens with two attached hydrogens (primary N) is 1. The summed E-state index contributed by atoms with van der Waals surface area (Å²) < 4.78 is 0. The standard InChI is InChI=1S/C15H20N2OS/c1-11-7-5-6-10-17(11)15(18)13(14(16)19)12-8-3-2-4-9-12/h2-4,8-9,11,13H,5-7,10H2,1H3,(H2,16,19). The van der Waals surface area contributed by atoms with Crippen molar-refractivity contribution in [3.63, 3.8) is 0 Å². The molecule has 1 aliphatic rings. The first-order valence-electron chi connectivity index (χ1n) is 6.76. The zero-order chi connectivity index (χ0) is 13.8. The Morgan fingerprint density at radius 3 is 2.63 bits per heavy atom. The van der Waals surface area contributed by atoms with E-state index in [0.29, 0.717) is 0 Å². The summed E-state index contributed by atoms with van der Waals surface area (Å²) in [5, 5.41) is 0. The number of likely N-dealkylation sites (tertiary alicyclic amines) is 1. The minimum absolute atomic E-state index is 0.0471. The normalized spacial score (nSPS) is 20.9. The Labute approximate surface area is 119 Å². The second-order valence-corrected chi connectivity index (χ2v) is 5.59. The van der Waals surface area contributed by atoms with Gasteiger partial charge in [0.05, 0.1) is 4.99 Å². The molecule has 1 aliphatic heterocycles. The van der Waals surface area contributed by atoms with E-state index < -0.39 is 5.92 Å². The number of carbonyl (C=O) groups excluding carboxylic acids is 1. The zero-order valence-electron chi connectivity index (χ0n) is 11.2. The lowest BCUT2D eigenvalue weighted by Crippen LogP contribution is -2.46. The average molecular weight is 276 g/mol. The highest BCUT2D eigenvalue weighted by Crippen LogP contribution is 2.24. The Hall–Kier alpha value is -1.42. The number of rotatable bonds is 3. The van der Waals surface area contributed by atoms with Crippen molar-refractivity contribution in [3.05, 3.63) is 35.9 Å². The highest BCUT2D eigenvalue weighted by Gasteiger charge is 2.31.